The predicted octanol–water partition coefficient (Wildman–Crippen LogP) is 4.58. The molecule has 0 aliphatic carbocycles. The van der Waals surface area contributed by atoms with Crippen LogP contribution in [-0.4, -0.2) is 51.0 Å². The normalized spacial score (nSPS) is 16.9. The van der Waals surface area contributed by atoms with Crippen molar-refractivity contribution in [2.45, 2.75) is 39.3 Å². The molecule has 1 amide bonds. The molecule has 3 aromatic rings. The lowest BCUT2D eigenvalue weighted by atomic mass is 9.95. The van der Waals surface area contributed by atoms with Crippen LogP contribution in [0.15, 0.2) is 72.8 Å². The lowest BCUT2D eigenvalue weighted by molar-refractivity contribution is -0.139. The van der Waals surface area contributed by atoms with Crippen molar-refractivity contribution < 1.29 is 24.2 Å². The maximum atomic E-state index is 13.2. The molecule has 4 rings (SSSR count). The molecule has 0 saturated carbocycles. The Kier molecular flexibility index (Phi) is 8.05. The average molecular weight is 490 g/mol. The summed E-state index contributed by atoms with van der Waals surface area (Å²) in [5.74, 6) is -0.145. The van der Waals surface area contributed by atoms with Gasteiger partial charge in [-0.3, -0.25) is 9.59 Å². The number of aliphatic hydroxyl groups is 1. The highest BCUT2D eigenvalue weighted by atomic mass is 16.5. The van der Waals surface area contributed by atoms with Gasteiger partial charge in [0.25, 0.3) is 11.7 Å². The van der Waals surface area contributed by atoms with Gasteiger partial charge < -0.3 is 24.0 Å². The molecule has 2 heterocycles. The van der Waals surface area contributed by atoms with Gasteiger partial charge in [-0.05, 0) is 61.7 Å². The van der Waals surface area contributed by atoms with Gasteiger partial charge >= 0.3 is 0 Å². The second-order valence-corrected chi connectivity index (χ2v) is 8.52. The minimum atomic E-state index is -0.709. The van der Waals surface area contributed by atoms with Gasteiger partial charge in [-0.15, -0.1) is 0 Å². The SMILES string of the molecule is CCCOc1ccc(/C(O)=C2\C(=O)C(=O)N(CCCn3ccnc3)[C@H]2c2ccc(OCC)cc2)cc1. The Labute approximate surface area is 210 Å². The Morgan fingerprint density at radius 1 is 0.972 bits per heavy atom. The van der Waals surface area contributed by atoms with Crippen molar-refractivity contribution in [2.24, 2.45) is 0 Å². The van der Waals surface area contributed by atoms with Crippen molar-refractivity contribution in [3.63, 3.8) is 0 Å². The van der Waals surface area contributed by atoms with E-state index in [1.165, 1.54) is 0 Å². The van der Waals surface area contributed by atoms with Gasteiger partial charge in [0.2, 0.25) is 0 Å². The number of ketones is 1. The van der Waals surface area contributed by atoms with Crippen LogP contribution in [0.5, 0.6) is 11.5 Å². The third-order valence-electron chi connectivity index (χ3n) is 6.02. The van der Waals surface area contributed by atoms with Crippen molar-refractivity contribution >= 4 is 17.4 Å². The Morgan fingerprint density at radius 3 is 2.31 bits per heavy atom. The first-order valence-electron chi connectivity index (χ1n) is 12.2. The zero-order valence-electron chi connectivity index (χ0n) is 20.6. The molecule has 1 atom stereocenters. The van der Waals surface area contributed by atoms with Gasteiger partial charge in [0.15, 0.2) is 0 Å². The summed E-state index contributed by atoms with van der Waals surface area (Å²) in [6.45, 7) is 6.05. The number of aryl methyl sites for hydroxylation is 1. The number of carbonyl (C=O) groups excluding carboxylic acids is 2. The number of rotatable bonds is 11. The first kappa shape index (κ1) is 25.0. The third-order valence-corrected chi connectivity index (χ3v) is 6.02. The number of imidazole rings is 1. The molecule has 0 spiro atoms. The zero-order valence-corrected chi connectivity index (χ0v) is 20.6. The Bertz CT molecular complexity index is 1200. The van der Waals surface area contributed by atoms with Crippen LogP contribution in [0, 0.1) is 0 Å². The summed E-state index contributed by atoms with van der Waals surface area (Å²) < 4.78 is 13.1. The monoisotopic (exact) mass is 489 g/mol. The van der Waals surface area contributed by atoms with Crippen LogP contribution in [0.4, 0.5) is 0 Å². The van der Waals surface area contributed by atoms with E-state index in [4.69, 9.17) is 9.47 Å². The first-order chi connectivity index (χ1) is 17.5. The van der Waals surface area contributed by atoms with E-state index in [2.05, 4.69) is 4.98 Å². The molecule has 1 aliphatic heterocycles. The number of hydrogen-bond acceptors (Lipinski definition) is 6. The Hall–Kier alpha value is -4.07. The number of amides is 1. The van der Waals surface area contributed by atoms with E-state index in [9.17, 15) is 14.7 Å². The number of Topliss-reactive ketones (excluding diaryl/α,β-unsaturated/α-hetero) is 1. The van der Waals surface area contributed by atoms with E-state index in [1.807, 2.05) is 48.9 Å². The number of nitrogens with zero attached hydrogens (tertiary/aromatic N) is 3. The number of aliphatic hydroxyl groups excluding tert-OH is 1. The molecular weight excluding hydrogens is 458 g/mol. The fraction of sp³-hybridized carbons (Fsp3) is 0.321. The molecule has 188 valence electrons. The van der Waals surface area contributed by atoms with Crippen LogP contribution >= 0.6 is 0 Å². The van der Waals surface area contributed by atoms with E-state index in [0.29, 0.717) is 49.8 Å². The summed E-state index contributed by atoms with van der Waals surface area (Å²) in [4.78, 5) is 31.9. The third kappa shape index (κ3) is 5.43. The molecule has 1 fully saturated rings. The molecule has 0 unspecified atom stereocenters. The van der Waals surface area contributed by atoms with E-state index in [-0.39, 0.29) is 11.3 Å². The van der Waals surface area contributed by atoms with Crippen LogP contribution in [-0.2, 0) is 16.1 Å². The molecule has 2 aromatic carbocycles. The highest BCUT2D eigenvalue weighted by Gasteiger charge is 2.45. The minimum Gasteiger partial charge on any atom is -0.507 e. The predicted molar refractivity (Wildman–Crippen MR) is 136 cm³/mol. The fourth-order valence-electron chi connectivity index (χ4n) is 4.30. The van der Waals surface area contributed by atoms with Crippen molar-refractivity contribution in [2.75, 3.05) is 19.8 Å². The van der Waals surface area contributed by atoms with Gasteiger partial charge in [0, 0.05) is 31.0 Å². The Balaban J connectivity index is 1.68. The molecule has 8 heteroatoms. The maximum absolute atomic E-state index is 13.2. The van der Waals surface area contributed by atoms with Crippen LogP contribution < -0.4 is 9.47 Å². The van der Waals surface area contributed by atoms with Crippen LogP contribution in [0.2, 0.25) is 0 Å². The standard InChI is InChI=1S/C28H31N3O5/c1-3-18-36-23-12-8-21(9-13-23)26(32)24-25(20-6-10-22(11-7-20)35-4-2)31(28(34)27(24)33)16-5-15-30-17-14-29-19-30/h6-14,17,19,25,32H,3-5,15-16,18H2,1-2H3/b26-24+/t25-/m0/s1. The number of ether oxygens (including phenoxy) is 2. The van der Waals surface area contributed by atoms with Crippen molar-refractivity contribution in [1.29, 1.82) is 0 Å². The average Bonchev–Trinajstić information content (AvgIpc) is 3.50. The quantitative estimate of drug-likeness (QED) is 0.241. The second kappa shape index (κ2) is 11.6. The van der Waals surface area contributed by atoms with Crippen LogP contribution in [0.25, 0.3) is 5.76 Å². The van der Waals surface area contributed by atoms with E-state index in [1.54, 1.807) is 41.7 Å². The molecule has 0 radical (unpaired) electrons. The molecule has 36 heavy (non-hydrogen) atoms. The fourth-order valence-corrected chi connectivity index (χ4v) is 4.30. The Morgan fingerprint density at radius 2 is 1.67 bits per heavy atom. The number of likely N-dealkylation sites (tertiary alicyclic amines) is 1. The van der Waals surface area contributed by atoms with Crippen molar-refractivity contribution in [3.8, 4) is 11.5 Å². The smallest absolute Gasteiger partial charge is 0.295 e. The maximum Gasteiger partial charge on any atom is 0.295 e. The number of aromatic nitrogens is 2. The minimum absolute atomic E-state index is 0.0778. The molecule has 8 nitrogen and oxygen atoms in total. The summed E-state index contributed by atoms with van der Waals surface area (Å²) in [6, 6.07) is 13.5. The van der Waals surface area contributed by atoms with Gasteiger partial charge in [0.1, 0.15) is 17.3 Å². The van der Waals surface area contributed by atoms with E-state index < -0.39 is 17.7 Å². The number of benzene rings is 2. The molecule has 1 saturated heterocycles. The van der Waals surface area contributed by atoms with Gasteiger partial charge in [-0.2, -0.15) is 0 Å². The zero-order chi connectivity index (χ0) is 25.5. The van der Waals surface area contributed by atoms with Gasteiger partial charge in [-0.1, -0.05) is 19.1 Å². The second-order valence-electron chi connectivity index (χ2n) is 8.52. The highest BCUT2D eigenvalue weighted by molar-refractivity contribution is 6.46. The number of hydrogen-bond donors (Lipinski definition) is 1. The molecule has 1 aliphatic rings. The van der Waals surface area contributed by atoms with Crippen LogP contribution in [0.3, 0.4) is 0 Å². The first-order valence-corrected chi connectivity index (χ1v) is 12.2. The van der Waals surface area contributed by atoms with Crippen molar-refractivity contribution in [1.82, 2.24) is 14.5 Å². The largest absolute Gasteiger partial charge is 0.507 e. The summed E-state index contributed by atoms with van der Waals surface area (Å²) >= 11 is 0. The topological polar surface area (TPSA) is 93.9 Å². The summed E-state index contributed by atoms with van der Waals surface area (Å²) in [6.07, 6.45) is 6.77. The van der Waals surface area contributed by atoms with E-state index in [0.717, 1.165) is 12.0 Å². The van der Waals surface area contributed by atoms with Gasteiger partial charge in [-0.25, -0.2) is 4.98 Å². The summed E-state index contributed by atoms with van der Waals surface area (Å²) in [5.41, 5.74) is 1.25. The summed E-state index contributed by atoms with van der Waals surface area (Å²) in [5, 5.41) is 11.2. The van der Waals surface area contributed by atoms with Crippen molar-refractivity contribution in [3.05, 3.63) is 84.0 Å². The molecule has 0 bridgehead atoms. The summed E-state index contributed by atoms with van der Waals surface area (Å²) in [7, 11) is 0. The van der Waals surface area contributed by atoms with Crippen LogP contribution in [0.1, 0.15) is 43.9 Å². The molecular formula is C28H31N3O5. The number of carbonyl (C=O) groups is 2. The molecule has 1 N–H and O–H groups in total. The lowest BCUT2D eigenvalue weighted by Gasteiger charge is -2.25. The van der Waals surface area contributed by atoms with Gasteiger partial charge in [0.05, 0.1) is 31.2 Å². The highest BCUT2D eigenvalue weighted by Crippen LogP contribution is 2.40. The lowest BCUT2D eigenvalue weighted by Crippen LogP contribution is -2.31. The van der Waals surface area contributed by atoms with E-state index >= 15 is 0 Å². The molecule has 1 aromatic heterocycles.